The van der Waals surface area contributed by atoms with Crippen LogP contribution in [-0.2, 0) is 11.3 Å². The van der Waals surface area contributed by atoms with E-state index in [0.717, 1.165) is 55.8 Å². The Hall–Kier alpha value is -2.74. The van der Waals surface area contributed by atoms with Crippen LogP contribution in [0, 0.1) is 0 Å². The van der Waals surface area contributed by atoms with E-state index in [-0.39, 0.29) is 11.2 Å². The van der Waals surface area contributed by atoms with Gasteiger partial charge in [0.05, 0.1) is 18.1 Å². The second-order valence-corrected chi connectivity index (χ2v) is 9.50. The van der Waals surface area contributed by atoms with Crippen LogP contribution < -0.4 is 4.90 Å². The number of anilines is 1. The van der Waals surface area contributed by atoms with Gasteiger partial charge in [0.2, 0.25) is 5.91 Å². The van der Waals surface area contributed by atoms with Crippen LogP contribution in [0.3, 0.4) is 0 Å². The number of amides is 1. The number of thioether (sulfide) groups is 1. The first-order valence-corrected chi connectivity index (χ1v) is 11.8. The van der Waals surface area contributed by atoms with Crippen LogP contribution in [0.2, 0.25) is 0 Å². The smallest absolute Gasteiger partial charge is 0.236 e. The molecule has 0 N–H and O–H groups in total. The van der Waals surface area contributed by atoms with E-state index in [1.807, 2.05) is 30.0 Å². The Morgan fingerprint density at radius 2 is 1.87 bits per heavy atom. The van der Waals surface area contributed by atoms with Crippen LogP contribution in [0.4, 0.5) is 5.69 Å². The van der Waals surface area contributed by atoms with Crippen molar-refractivity contribution in [1.82, 2.24) is 19.7 Å². The number of piperazine rings is 1. The molecule has 0 bridgehead atoms. The molecule has 1 aliphatic carbocycles. The molecule has 1 saturated carbocycles. The third-order valence-electron chi connectivity index (χ3n) is 5.92. The molecule has 3 heterocycles. The second-order valence-electron chi connectivity index (χ2n) is 8.19. The summed E-state index contributed by atoms with van der Waals surface area (Å²) in [6.45, 7) is 5.77. The van der Waals surface area contributed by atoms with Gasteiger partial charge >= 0.3 is 0 Å². The topological polar surface area (TPSA) is 67.4 Å². The number of rotatable bonds is 7. The predicted molar refractivity (Wildman–Crippen MR) is 120 cm³/mol. The Morgan fingerprint density at radius 3 is 2.55 bits per heavy atom. The van der Waals surface area contributed by atoms with E-state index in [4.69, 9.17) is 4.42 Å². The molecule has 1 aromatic carbocycles. The van der Waals surface area contributed by atoms with Crippen LogP contribution in [-0.4, -0.2) is 57.0 Å². The lowest BCUT2D eigenvalue weighted by atomic mass is 10.2. The second kappa shape index (κ2) is 8.78. The number of carbonyl (C=O) groups is 1. The molecule has 2 aromatic heterocycles. The number of carbonyl (C=O) groups excluding carboxylic acids is 1. The number of benzene rings is 1. The number of hydrogen-bond acceptors (Lipinski definition) is 6. The predicted octanol–water partition coefficient (Wildman–Crippen LogP) is 3.63. The molecule has 2 fully saturated rings. The molecule has 1 unspecified atom stereocenters. The maximum Gasteiger partial charge on any atom is 0.236 e. The molecule has 0 spiro atoms. The lowest BCUT2D eigenvalue weighted by molar-refractivity contribution is -0.130. The lowest BCUT2D eigenvalue weighted by Gasteiger charge is -2.37. The van der Waals surface area contributed by atoms with Gasteiger partial charge in [0.15, 0.2) is 5.16 Å². The summed E-state index contributed by atoms with van der Waals surface area (Å²) in [5, 5.41) is 9.46. The van der Waals surface area contributed by atoms with Crippen LogP contribution in [0.5, 0.6) is 0 Å². The third kappa shape index (κ3) is 4.49. The van der Waals surface area contributed by atoms with E-state index < -0.39 is 0 Å². The van der Waals surface area contributed by atoms with Crippen LogP contribution in [0.1, 0.15) is 37.3 Å². The van der Waals surface area contributed by atoms with E-state index >= 15 is 0 Å². The summed E-state index contributed by atoms with van der Waals surface area (Å²) in [4.78, 5) is 17.5. The van der Waals surface area contributed by atoms with Crippen molar-refractivity contribution in [1.29, 1.82) is 0 Å². The Kier molecular flexibility index (Phi) is 5.72. The SMILES string of the molecule is CC(Sc1nnc(C2CC2)n1Cc1ccco1)C(=O)N1CCN(c2ccccc2)CC1. The van der Waals surface area contributed by atoms with Crippen molar-refractivity contribution in [2.45, 2.75) is 42.6 Å². The highest BCUT2D eigenvalue weighted by Gasteiger charge is 2.32. The van der Waals surface area contributed by atoms with E-state index in [1.54, 1.807) is 6.26 Å². The zero-order valence-corrected chi connectivity index (χ0v) is 18.5. The van der Waals surface area contributed by atoms with Crippen LogP contribution in [0.25, 0.3) is 0 Å². The van der Waals surface area contributed by atoms with Gasteiger partial charge in [-0.15, -0.1) is 10.2 Å². The van der Waals surface area contributed by atoms with Crippen molar-refractivity contribution in [3.63, 3.8) is 0 Å². The normalized spacial score (nSPS) is 17.7. The molecule has 0 radical (unpaired) electrons. The van der Waals surface area contributed by atoms with Gasteiger partial charge in [-0.2, -0.15) is 0 Å². The molecular weight excluding hydrogens is 410 g/mol. The highest BCUT2D eigenvalue weighted by molar-refractivity contribution is 8.00. The summed E-state index contributed by atoms with van der Waals surface area (Å²) in [7, 11) is 0. The summed E-state index contributed by atoms with van der Waals surface area (Å²) in [6, 6.07) is 14.2. The van der Waals surface area contributed by atoms with Crippen molar-refractivity contribution in [2.75, 3.05) is 31.1 Å². The monoisotopic (exact) mass is 437 g/mol. The fraction of sp³-hybridized carbons (Fsp3) is 0.435. The van der Waals surface area contributed by atoms with E-state index in [1.165, 1.54) is 17.4 Å². The number of nitrogens with zero attached hydrogens (tertiary/aromatic N) is 5. The molecule has 3 aromatic rings. The highest BCUT2D eigenvalue weighted by Crippen LogP contribution is 2.40. The quantitative estimate of drug-likeness (QED) is 0.526. The maximum atomic E-state index is 13.1. The van der Waals surface area contributed by atoms with Crippen molar-refractivity contribution >= 4 is 23.4 Å². The van der Waals surface area contributed by atoms with Gasteiger partial charge in [0, 0.05) is 37.8 Å². The van der Waals surface area contributed by atoms with Gasteiger partial charge in [-0.3, -0.25) is 9.36 Å². The third-order valence-corrected chi connectivity index (χ3v) is 6.99. The molecular formula is C23H27N5O2S. The average Bonchev–Trinajstić information content (AvgIpc) is 3.39. The summed E-state index contributed by atoms with van der Waals surface area (Å²) in [5.41, 5.74) is 1.22. The number of hydrogen-bond donors (Lipinski definition) is 0. The largest absolute Gasteiger partial charge is 0.467 e. The highest BCUT2D eigenvalue weighted by atomic mass is 32.2. The first-order valence-electron chi connectivity index (χ1n) is 10.9. The summed E-state index contributed by atoms with van der Waals surface area (Å²) in [6.07, 6.45) is 3.99. The molecule has 1 aliphatic heterocycles. The number of aromatic nitrogens is 3. The van der Waals surface area contributed by atoms with Gasteiger partial charge < -0.3 is 14.2 Å². The van der Waals surface area contributed by atoms with Gasteiger partial charge in [0.25, 0.3) is 0 Å². The molecule has 1 atom stereocenters. The fourth-order valence-electron chi connectivity index (χ4n) is 4.03. The first-order chi connectivity index (χ1) is 15.2. The fourth-order valence-corrected chi connectivity index (χ4v) is 4.97. The van der Waals surface area contributed by atoms with Gasteiger partial charge in [-0.1, -0.05) is 30.0 Å². The Morgan fingerprint density at radius 1 is 1.10 bits per heavy atom. The average molecular weight is 438 g/mol. The minimum Gasteiger partial charge on any atom is -0.467 e. The Bertz CT molecular complexity index is 1010. The summed E-state index contributed by atoms with van der Waals surface area (Å²) in [5.74, 6) is 2.53. The minimum atomic E-state index is -0.213. The molecule has 1 amide bonds. The molecule has 8 heteroatoms. The van der Waals surface area contributed by atoms with E-state index in [2.05, 4.69) is 43.9 Å². The minimum absolute atomic E-state index is 0.165. The van der Waals surface area contributed by atoms with Crippen molar-refractivity contribution < 1.29 is 9.21 Å². The van der Waals surface area contributed by atoms with Gasteiger partial charge in [0.1, 0.15) is 11.6 Å². The maximum absolute atomic E-state index is 13.1. The molecule has 162 valence electrons. The molecule has 2 aliphatic rings. The van der Waals surface area contributed by atoms with Gasteiger partial charge in [-0.25, -0.2) is 0 Å². The number of para-hydroxylation sites is 1. The van der Waals surface area contributed by atoms with Gasteiger partial charge in [-0.05, 0) is 44.0 Å². The molecule has 5 rings (SSSR count). The molecule has 7 nitrogen and oxygen atoms in total. The Balaban J connectivity index is 1.23. The zero-order chi connectivity index (χ0) is 21.2. The number of furan rings is 1. The Labute approximate surface area is 186 Å². The standard InChI is InChI=1S/C23H27N5O2S/c1-17(22(29)27-13-11-26(12-14-27)19-6-3-2-4-7-19)31-23-25-24-21(18-9-10-18)28(23)16-20-8-5-15-30-20/h2-8,15,17-18H,9-14,16H2,1H3. The zero-order valence-electron chi connectivity index (χ0n) is 17.7. The van der Waals surface area contributed by atoms with E-state index in [0.29, 0.717) is 12.5 Å². The van der Waals surface area contributed by atoms with E-state index in [9.17, 15) is 4.79 Å². The molecule has 31 heavy (non-hydrogen) atoms. The molecule has 1 saturated heterocycles. The van der Waals surface area contributed by atoms with Crippen LogP contribution in [0.15, 0.2) is 58.3 Å². The van der Waals surface area contributed by atoms with Crippen molar-refractivity contribution in [3.8, 4) is 0 Å². The lowest BCUT2D eigenvalue weighted by Crippen LogP contribution is -2.50. The van der Waals surface area contributed by atoms with Crippen molar-refractivity contribution in [3.05, 3.63) is 60.3 Å². The summed E-state index contributed by atoms with van der Waals surface area (Å²) >= 11 is 1.50. The van der Waals surface area contributed by atoms with Crippen molar-refractivity contribution in [2.24, 2.45) is 0 Å². The van der Waals surface area contributed by atoms with Crippen LogP contribution >= 0.6 is 11.8 Å². The first kappa shape index (κ1) is 20.2. The summed E-state index contributed by atoms with van der Waals surface area (Å²) < 4.78 is 7.67.